The van der Waals surface area contributed by atoms with Crippen LogP contribution in [0, 0.1) is 0 Å². The maximum absolute atomic E-state index is 9.68. The highest BCUT2D eigenvalue weighted by Gasteiger charge is 2.13. The van der Waals surface area contributed by atoms with Crippen molar-refractivity contribution in [2.75, 3.05) is 21.3 Å². The summed E-state index contributed by atoms with van der Waals surface area (Å²) in [5.41, 5.74) is 1.53. The molecule has 84 valence electrons. The Labute approximate surface area is 89.4 Å². The predicted molar refractivity (Wildman–Crippen MR) is 56.1 cm³/mol. The van der Waals surface area contributed by atoms with Crippen LogP contribution in [0.2, 0.25) is 0 Å². The van der Waals surface area contributed by atoms with Gasteiger partial charge in [0.1, 0.15) is 11.5 Å². The molecule has 0 fully saturated rings. The van der Waals surface area contributed by atoms with Crippen molar-refractivity contribution in [1.29, 1.82) is 0 Å². The molecular formula is C11H16O4. The van der Waals surface area contributed by atoms with Gasteiger partial charge in [-0.05, 0) is 12.1 Å². The van der Waals surface area contributed by atoms with Gasteiger partial charge in [0.05, 0.1) is 20.3 Å². The fraction of sp³-hybridized carbons (Fsp3) is 0.455. The molecule has 4 heteroatoms. The Morgan fingerprint density at radius 1 is 1.00 bits per heavy atom. The lowest BCUT2D eigenvalue weighted by atomic mass is 10.1. The zero-order chi connectivity index (χ0) is 11.3. The number of phenols is 1. The molecule has 0 aliphatic carbocycles. The van der Waals surface area contributed by atoms with Gasteiger partial charge in [-0.15, -0.1) is 0 Å². The Morgan fingerprint density at radius 3 is 2.13 bits per heavy atom. The molecule has 0 atom stereocenters. The van der Waals surface area contributed by atoms with E-state index < -0.39 is 0 Å². The van der Waals surface area contributed by atoms with Crippen molar-refractivity contribution in [1.82, 2.24) is 0 Å². The number of phenolic OH excluding ortho intramolecular Hbond substituents is 1. The van der Waals surface area contributed by atoms with Gasteiger partial charge in [-0.2, -0.15) is 0 Å². The Balaban J connectivity index is 3.17. The predicted octanol–water partition coefficient (Wildman–Crippen LogP) is 1.69. The number of benzene rings is 1. The molecule has 0 radical (unpaired) electrons. The van der Waals surface area contributed by atoms with Crippen LogP contribution < -0.4 is 4.74 Å². The normalized spacial score (nSPS) is 10.3. The first-order chi connectivity index (χ1) is 7.24. The molecule has 4 nitrogen and oxygen atoms in total. The third kappa shape index (κ3) is 2.61. The highest BCUT2D eigenvalue weighted by molar-refractivity contribution is 5.47. The van der Waals surface area contributed by atoms with E-state index in [9.17, 15) is 5.11 Å². The van der Waals surface area contributed by atoms with Crippen molar-refractivity contribution >= 4 is 0 Å². The monoisotopic (exact) mass is 212 g/mol. The van der Waals surface area contributed by atoms with Gasteiger partial charge in [-0.3, -0.25) is 0 Å². The fourth-order valence-electron chi connectivity index (χ4n) is 1.46. The molecule has 0 saturated carbocycles. The summed E-state index contributed by atoms with van der Waals surface area (Å²) >= 11 is 0. The lowest BCUT2D eigenvalue weighted by Crippen LogP contribution is -2.01. The van der Waals surface area contributed by atoms with Gasteiger partial charge >= 0.3 is 0 Å². The van der Waals surface area contributed by atoms with Crippen molar-refractivity contribution in [3.05, 3.63) is 23.3 Å². The molecule has 1 rings (SSSR count). The van der Waals surface area contributed by atoms with E-state index in [0.29, 0.717) is 24.5 Å². The number of methoxy groups -OCH3 is 3. The van der Waals surface area contributed by atoms with Crippen molar-refractivity contribution in [2.24, 2.45) is 0 Å². The minimum atomic E-state index is 0.199. The molecule has 0 aromatic heterocycles. The van der Waals surface area contributed by atoms with Crippen LogP contribution in [-0.4, -0.2) is 26.4 Å². The van der Waals surface area contributed by atoms with Crippen molar-refractivity contribution < 1.29 is 19.3 Å². The Morgan fingerprint density at radius 2 is 1.60 bits per heavy atom. The molecule has 0 bridgehead atoms. The number of rotatable bonds is 5. The Hall–Kier alpha value is -1.26. The number of hydrogen-bond donors (Lipinski definition) is 1. The van der Waals surface area contributed by atoms with Crippen LogP contribution in [0.5, 0.6) is 11.5 Å². The molecule has 0 heterocycles. The number of ether oxygens (including phenoxy) is 3. The van der Waals surface area contributed by atoms with E-state index in [-0.39, 0.29) is 5.75 Å². The quantitative estimate of drug-likeness (QED) is 0.807. The van der Waals surface area contributed by atoms with E-state index in [1.54, 1.807) is 33.5 Å². The average molecular weight is 212 g/mol. The van der Waals surface area contributed by atoms with E-state index in [4.69, 9.17) is 14.2 Å². The first-order valence-corrected chi connectivity index (χ1v) is 4.60. The van der Waals surface area contributed by atoms with Gasteiger partial charge in [0, 0.05) is 25.3 Å². The molecule has 0 saturated heterocycles. The third-order valence-corrected chi connectivity index (χ3v) is 2.16. The van der Waals surface area contributed by atoms with E-state index in [2.05, 4.69) is 0 Å². The summed E-state index contributed by atoms with van der Waals surface area (Å²) in [4.78, 5) is 0. The topological polar surface area (TPSA) is 47.9 Å². The lowest BCUT2D eigenvalue weighted by Gasteiger charge is -2.14. The highest BCUT2D eigenvalue weighted by Crippen LogP contribution is 2.30. The largest absolute Gasteiger partial charge is 0.508 e. The van der Waals surface area contributed by atoms with E-state index >= 15 is 0 Å². The Kier molecular flexibility index (Phi) is 4.39. The summed E-state index contributed by atoms with van der Waals surface area (Å²) in [6.07, 6.45) is 0. The summed E-state index contributed by atoms with van der Waals surface area (Å²) in [6, 6.07) is 3.30. The standard InChI is InChI=1S/C11H16O4/c1-13-6-8-9(7-14-2)11(15-3)5-4-10(8)12/h4-5,12H,6-7H2,1-3H3. The summed E-state index contributed by atoms with van der Waals surface area (Å²) in [5.74, 6) is 0.895. The second-order valence-electron chi connectivity index (χ2n) is 3.11. The molecule has 1 N–H and O–H groups in total. The summed E-state index contributed by atoms with van der Waals surface area (Å²) < 4.78 is 15.3. The lowest BCUT2D eigenvalue weighted by molar-refractivity contribution is 0.163. The van der Waals surface area contributed by atoms with Gasteiger partial charge in [-0.25, -0.2) is 0 Å². The molecule has 1 aromatic rings. The van der Waals surface area contributed by atoms with Crippen LogP contribution in [0.25, 0.3) is 0 Å². The van der Waals surface area contributed by atoms with Crippen LogP contribution in [-0.2, 0) is 22.7 Å². The minimum absolute atomic E-state index is 0.199. The summed E-state index contributed by atoms with van der Waals surface area (Å²) in [5, 5.41) is 9.68. The second kappa shape index (κ2) is 5.58. The molecule has 1 aromatic carbocycles. The molecule has 0 unspecified atom stereocenters. The second-order valence-corrected chi connectivity index (χ2v) is 3.11. The van der Waals surface area contributed by atoms with Crippen molar-refractivity contribution in [3.63, 3.8) is 0 Å². The summed E-state index contributed by atoms with van der Waals surface area (Å²) in [6.45, 7) is 0.720. The van der Waals surface area contributed by atoms with Crippen LogP contribution >= 0.6 is 0 Å². The molecule has 0 spiro atoms. The zero-order valence-electron chi connectivity index (χ0n) is 9.24. The van der Waals surface area contributed by atoms with Gasteiger partial charge < -0.3 is 19.3 Å². The maximum Gasteiger partial charge on any atom is 0.125 e. The van der Waals surface area contributed by atoms with Gasteiger partial charge in [0.25, 0.3) is 0 Å². The van der Waals surface area contributed by atoms with E-state index in [0.717, 1.165) is 5.56 Å². The molecular weight excluding hydrogens is 196 g/mol. The maximum atomic E-state index is 9.68. The fourth-order valence-corrected chi connectivity index (χ4v) is 1.46. The zero-order valence-corrected chi connectivity index (χ0v) is 9.24. The molecule has 0 aliphatic rings. The number of hydrogen-bond acceptors (Lipinski definition) is 4. The highest BCUT2D eigenvalue weighted by atomic mass is 16.5. The first-order valence-electron chi connectivity index (χ1n) is 4.60. The van der Waals surface area contributed by atoms with E-state index in [1.165, 1.54) is 0 Å². The minimum Gasteiger partial charge on any atom is -0.508 e. The van der Waals surface area contributed by atoms with Crippen LogP contribution in [0.3, 0.4) is 0 Å². The van der Waals surface area contributed by atoms with Crippen LogP contribution in [0.15, 0.2) is 12.1 Å². The summed E-state index contributed by atoms with van der Waals surface area (Å²) in [7, 11) is 4.76. The van der Waals surface area contributed by atoms with Crippen molar-refractivity contribution in [2.45, 2.75) is 13.2 Å². The molecule has 0 amide bonds. The van der Waals surface area contributed by atoms with Gasteiger partial charge in [0.2, 0.25) is 0 Å². The third-order valence-electron chi connectivity index (χ3n) is 2.16. The van der Waals surface area contributed by atoms with E-state index in [1.807, 2.05) is 0 Å². The van der Waals surface area contributed by atoms with Crippen LogP contribution in [0.1, 0.15) is 11.1 Å². The molecule has 0 aliphatic heterocycles. The van der Waals surface area contributed by atoms with Gasteiger partial charge in [0.15, 0.2) is 0 Å². The first kappa shape index (κ1) is 11.8. The van der Waals surface area contributed by atoms with Gasteiger partial charge in [-0.1, -0.05) is 0 Å². The Bertz CT molecular complexity index is 323. The molecule has 15 heavy (non-hydrogen) atoms. The smallest absolute Gasteiger partial charge is 0.125 e. The SMILES string of the molecule is COCc1c(O)ccc(OC)c1COC. The van der Waals surface area contributed by atoms with Crippen molar-refractivity contribution in [3.8, 4) is 11.5 Å². The van der Waals surface area contributed by atoms with Crippen LogP contribution in [0.4, 0.5) is 0 Å². The average Bonchev–Trinajstić information content (AvgIpc) is 2.24. The number of aromatic hydroxyl groups is 1.